The molecule has 0 aromatic carbocycles. The summed E-state index contributed by atoms with van der Waals surface area (Å²) in [7, 11) is -4.34. The third-order valence-corrected chi connectivity index (χ3v) is 3.41. The van der Waals surface area contributed by atoms with Crippen LogP contribution in [0.15, 0.2) is 0 Å². The second kappa shape index (κ2) is 4.93. The van der Waals surface area contributed by atoms with Gasteiger partial charge in [0.1, 0.15) is 0 Å². The predicted molar refractivity (Wildman–Crippen MR) is 50.9 cm³/mol. The molecule has 5 heteroatoms. The minimum absolute atomic E-state index is 0.0891. The van der Waals surface area contributed by atoms with Gasteiger partial charge in [-0.15, -0.1) is 0 Å². The lowest BCUT2D eigenvalue weighted by molar-refractivity contribution is 0.0912. The Morgan fingerprint density at radius 1 is 1.15 bits per heavy atom. The molecular weight excluding hydrogens is 192 g/mol. The Labute approximate surface area is 79.7 Å². The van der Waals surface area contributed by atoms with Crippen molar-refractivity contribution in [3.63, 3.8) is 0 Å². The molecule has 0 aliphatic heterocycles. The molecule has 0 saturated heterocycles. The molecule has 0 fully saturated rings. The van der Waals surface area contributed by atoms with Crippen molar-refractivity contribution in [2.75, 3.05) is 0 Å². The maximum absolute atomic E-state index is 10.9. The van der Waals surface area contributed by atoms with E-state index in [0.717, 1.165) is 6.42 Å². The van der Waals surface area contributed by atoms with Crippen LogP contribution in [0.2, 0.25) is 0 Å². The van der Waals surface area contributed by atoms with Crippen LogP contribution in [0.3, 0.4) is 0 Å². The third kappa shape index (κ3) is 3.62. The Morgan fingerprint density at radius 2 is 1.69 bits per heavy atom. The van der Waals surface area contributed by atoms with Gasteiger partial charge in [-0.25, -0.2) is 0 Å². The van der Waals surface area contributed by atoms with Crippen LogP contribution >= 0.6 is 0 Å². The zero-order valence-electron chi connectivity index (χ0n) is 8.15. The fourth-order valence-electron chi connectivity index (χ4n) is 1.23. The van der Waals surface area contributed by atoms with Crippen LogP contribution in [-0.4, -0.2) is 23.0 Å². The predicted octanol–water partition coefficient (Wildman–Crippen LogP) is 1.55. The summed E-state index contributed by atoms with van der Waals surface area (Å²) in [5.41, 5.74) is 0. The Bertz CT molecular complexity index is 235. The molecule has 0 aliphatic rings. The van der Waals surface area contributed by atoms with Crippen molar-refractivity contribution in [2.24, 2.45) is 0 Å². The highest BCUT2D eigenvalue weighted by Crippen LogP contribution is 2.25. The minimum atomic E-state index is -4.34. The highest BCUT2D eigenvalue weighted by Gasteiger charge is 2.38. The van der Waals surface area contributed by atoms with E-state index in [-0.39, 0.29) is 12.8 Å². The van der Waals surface area contributed by atoms with E-state index in [9.17, 15) is 13.5 Å². The summed E-state index contributed by atoms with van der Waals surface area (Å²) in [6, 6.07) is 0. The van der Waals surface area contributed by atoms with Crippen LogP contribution in [0.1, 0.15) is 46.0 Å². The summed E-state index contributed by atoms with van der Waals surface area (Å²) in [6.07, 6.45) is 2.11. The van der Waals surface area contributed by atoms with Gasteiger partial charge < -0.3 is 5.11 Å². The molecule has 1 unspecified atom stereocenters. The van der Waals surface area contributed by atoms with Gasteiger partial charge in [0.2, 0.25) is 0 Å². The average molecular weight is 210 g/mol. The van der Waals surface area contributed by atoms with Gasteiger partial charge in [-0.1, -0.05) is 26.7 Å². The quantitative estimate of drug-likeness (QED) is 0.652. The van der Waals surface area contributed by atoms with Crippen molar-refractivity contribution >= 4 is 10.1 Å². The van der Waals surface area contributed by atoms with E-state index >= 15 is 0 Å². The molecule has 0 spiro atoms. The number of hydrogen-bond donors (Lipinski definition) is 2. The molecule has 13 heavy (non-hydrogen) atoms. The first kappa shape index (κ1) is 12.9. The summed E-state index contributed by atoms with van der Waals surface area (Å²) in [4.78, 5) is -1.93. The molecule has 0 heterocycles. The second-order valence-corrected chi connectivity index (χ2v) is 4.98. The van der Waals surface area contributed by atoms with Gasteiger partial charge in [-0.3, -0.25) is 4.55 Å². The van der Waals surface area contributed by atoms with Gasteiger partial charge in [0, 0.05) is 0 Å². The number of aliphatic hydroxyl groups is 1. The molecule has 4 nitrogen and oxygen atoms in total. The molecule has 0 saturated carbocycles. The smallest absolute Gasteiger partial charge is 0.294 e. The standard InChI is InChI=1S/C8H18O4S/c1-3-5-7-8(9,6-4-2)13(10,11)12/h9H,3-7H2,1-2H3,(H,10,11,12). The summed E-state index contributed by atoms with van der Waals surface area (Å²) < 4.78 is 30.5. The molecule has 0 aromatic rings. The van der Waals surface area contributed by atoms with Gasteiger partial charge in [0.25, 0.3) is 10.1 Å². The fourth-order valence-corrected chi connectivity index (χ4v) is 2.09. The van der Waals surface area contributed by atoms with Gasteiger partial charge in [-0.2, -0.15) is 8.42 Å². The number of unbranched alkanes of at least 4 members (excludes halogenated alkanes) is 1. The molecule has 0 aliphatic carbocycles. The molecule has 1 atom stereocenters. The Hall–Kier alpha value is -0.130. The van der Waals surface area contributed by atoms with E-state index in [0.29, 0.717) is 12.8 Å². The first-order valence-corrected chi connectivity index (χ1v) is 6.01. The topological polar surface area (TPSA) is 74.6 Å². The Kier molecular flexibility index (Phi) is 4.88. The monoisotopic (exact) mass is 210 g/mol. The number of rotatable bonds is 6. The van der Waals surface area contributed by atoms with Gasteiger partial charge >= 0.3 is 0 Å². The molecule has 80 valence electrons. The lowest BCUT2D eigenvalue weighted by atomic mass is 10.1. The zero-order chi connectivity index (χ0) is 10.5. The molecule has 0 radical (unpaired) electrons. The van der Waals surface area contributed by atoms with Crippen LogP contribution in [0, 0.1) is 0 Å². The van der Waals surface area contributed by atoms with E-state index < -0.39 is 15.1 Å². The van der Waals surface area contributed by atoms with Crippen molar-refractivity contribution < 1.29 is 18.1 Å². The van der Waals surface area contributed by atoms with Gasteiger partial charge in [-0.05, 0) is 19.3 Å². The van der Waals surface area contributed by atoms with Crippen LogP contribution in [0.5, 0.6) is 0 Å². The van der Waals surface area contributed by atoms with Crippen molar-refractivity contribution in [3.05, 3.63) is 0 Å². The molecule has 0 amide bonds. The van der Waals surface area contributed by atoms with Crippen molar-refractivity contribution in [1.29, 1.82) is 0 Å². The second-order valence-electron chi connectivity index (χ2n) is 3.27. The Morgan fingerprint density at radius 3 is 2.00 bits per heavy atom. The Balaban J connectivity index is 4.53. The van der Waals surface area contributed by atoms with E-state index in [1.807, 2.05) is 6.92 Å². The minimum Gasteiger partial charge on any atom is -0.372 e. The van der Waals surface area contributed by atoms with Crippen molar-refractivity contribution in [1.82, 2.24) is 0 Å². The van der Waals surface area contributed by atoms with Crippen molar-refractivity contribution in [3.8, 4) is 0 Å². The SMILES string of the molecule is CCCCC(O)(CCC)S(=O)(=O)O. The largest absolute Gasteiger partial charge is 0.372 e. The summed E-state index contributed by atoms with van der Waals surface area (Å²) >= 11 is 0. The summed E-state index contributed by atoms with van der Waals surface area (Å²) in [5, 5.41) is 9.64. The maximum atomic E-state index is 10.9. The highest BCUT2D eigenvalue weighted by molar-refractivity contribution is 7.87. The average Bonchev–Trinajstić information content (AvgIpc) is 1.99. The normalized spacial score (nSPS) is 16.9. The number of hydrogen-bond acceptors (Lipinski definition) is 3. The van der Waals surface area contributed by atoms with E-state index in [2.05, 4.69) is 0 Å². The first-order valence-electron chi connectivity index (χ1n) is 4.56. The summed E-state index contributed by atoms with van der Waals surface area (Å²) in [6.45, 7) is 3.67. The van der Waals surface area contributed by atoms with E-state index in [1.165, 1.54) is 0 Å². The molecule has 0 aromatic heterocycles. The van der Waals surface area contributed by atoms with E-state index in [1.54, 1.807) is 6.92 Å². The molecule has 0 bridgehead atoms. The fraction of sp³-hybridized carbons (Fsp3) is 1.00. The maximum Gasteiger partial charge on any atom is 0.294 e. The van der Waals surface area contributed by atoms with E-state index in [4.69, 9.17) is 4.55 Å². The van der Waals surface area contributed by atoms with Crippen molar-refractivity contribution in [2.45, 2.75) is 50.9 Å². The molecular formula is C8H18O4S. The molecule has 2 N–H and O–H groups in total. The van der Waals surface area contributed by atoms with Crippen LogP contribution in [-0.2, 0) is 10.1 Å². The highest BCUT2D eigenvalue weighted by atomic mass is 32.2. The molecule has 0 rings (SSSR count). The van der Waals surface area contributed by atoms with Crippen LogP contribution in [0.4, 0.5) is 0 Å². The lowest BCUT2D eigenvalue weighted by Gasteiger charge is -2.23. The lowest BCUT2D eigenvalue weighted by Crippen LogP contribution is -2.37. The third-order valence-electron chi connectivity index (χ3n) is 2.04. The first-order chi connectivity index (χ1) is 5.87. The van der Waals surface area contributed by atoms with Gasteiger partial charge in [0.05, 0.1) is 0 Å². The van der Waals surface area contributed by atoms with Gasteiger partial charge in [0.15, 0.2) is 4.93 Å². The zero-order valence-corrected chi connectivity index (χ0v) is 8.97. The van der Waals surface area contributed by atoms with Crippen LogP contribution in [0.25, 0.3) is 0 Å². The van der Waals surface area contributed by atoms with Crippen LogP contribution < -0.4 is 0 Å². The summed E-state index contributed by atoms with van der Waals surface area (Å²) in [5.74, 6) is 0.